The van der Waals surface area contributed by atoms with Gasteiger partial charge in [-0.05, 0) is 30.2 Å². The van der Waals surface area contributed by atoms with Crippen LogP contribution in [0.5, 0.6) is 0 Å². The van der Waals surface area contributed by atoms with Crippen molar-refractivity contribution in [3.8, 4) is 0 Å². The third-order valence-electron chi connectivity index (χ3n) is 1.89. The van der Waals surface area contributed by atoms with Crippen LogP contribution in [-0.2, 0) is 11.2 Å². The number of carboxylic acids is 1. The van der Waals surface area contributed by atoms with E-state index in [1.165, 1.54) is 38.1 Å². The van der Waals surface area contributed by atoms with E-state index in [1.54, 1.807) is 0 Å². The minimum atomic E-state index is -2.68. The lowest BCUT2D eigenvalue weighted by atomic mass is 9.97. The molecule has 1 rings (SSSR count). The number of aliphatic carboxylic acids is 1. The second-order valence-electron chi connectivity index (χ2n) is 3.52. The van der Waals surface area contributed by atoms with Crippen molar-refractivity contribution in [3.63, 3.8) is 0 Å². The summed E-state index contributed by atoms with van der Waals surface area (Å²) in [7, 11) is 0. The van der Waals surface area contributed by atoms with E-state index < -0.39 is 31.0 Å². The van der Waals surface area contributed by atoms with Gasteiger partial charge in [-0.25, -0.2) is 0 Å². The Labute approximate surface area is 99.4 Å². The topological polar surface area (TPSA) is 37.3 Å². The minimum Gasteiger partial charge on any atom is -0.481 e. The molecule has 0 aliphatic heterocycles. The molecule has 82 valence electrons. The van der Waals surface area contributed by atoms with Gasteiger partial charge in [0.2, 0.25) is 0 Å². The van der Waals surface area contributed by atoms with E-state index in [1.807, 2.05) is 0 Å². The van der Waals surface area contributed by atoms with E-state index in [4.69, 9.17) is 13.3 Å². The van der Waals surface area contributed by atoms with E-state index >= 15 is 0 Å². The standard InChI is InChI=1S/C13H18O2/c1-9(2)8-11-4-6-12(7-5-11)10(3)13(14)15/h4-7,9-10H,8H2,1-3H3,(H,14,15)/i3D3,8D2,9D. The molecule has 1 N–H and O–H groups in total. The monoisotopic (exact) mass is 212 g/mol. The van der Waals surface area contributed by atoms with Gasteiger partial charge in [0, 0.05) is 8.22 Å². The van der Waals surface area contributed by atoms with Gasteiger partial charge in [0.05, 0.1) is 5.92 Å². The van der Waals surface area contributed by atoms with Crippen LogP contribution in [0.3, 0.4) is 0 Å². The van der Waals surface area contributed by atoms with Crippen molar-refractivity contribution in [1.29, 1.82) is 0 Å². The molecule has 1 unspecified atom stereocenters. The van der Waals surface area contributed by atoms with Crippen LogP contribution in [-0.4, -0.2) is 11.1 Å². The van der Waals surface area contributed by atoms with Crippen LogP contribution < -0.4 is 0 Å². The fourth-order valence-electron chi connectivity index (χ4n) is 1.19. The molecule has 1 aromatic carbocycles. The average molecular weight is 212 g/mol. The molecule has 0 bridgehead atoms. The van der Waals surface area contributed by atoms with Crippen molar-refractivity contribution < 1.29 is 18.1 Å². The van der Waals surface area contributed by atoms with Crippen molar-refractivity contribution in [2.24, 2.45) is 5.89 Å². The number of benzene rings is 1. The first-order valence-electron chi connectivity index (χ1n) is 7.62. The Hall–Kier alpha value is -1.31. The summed E-state index contributed by atoms with van der Waals surface area (Å²) < 4.78 is 45.6. The summed E-state index contributed by atoms with van der Waals surface area (Å²) in [5.74, 6) is -4.49. The maximum Gasteiger partial charge on any atom is 0.310 e. The van der Waals surface area contributed by atoms with Gasteiger partial charge in [0.15, 0.2) is 0 Å². The van der Waals surface area contributed by atoms with Crippen molar-refractivity contribution in [1.82, 2.24) is 0 Å². The molecular weight excluding hydrogens is 188 g/mol. The Bertz CT molecular complexity index is 513. The summed E-state index contributed by atoms with van der Waals surface area (Å²) in [6, 6.07) is 5.27. The molecule has 0 amide bonds. The highest BCUT2D eigenvalue weighted by atomic mass is 16.4. The fourth-order valence-corrected chi connectivity index (χ4v) is 1.19. The smallest absolute Gasteiger partial charge is 0.310 e. The van der Waals surface area contributed by atoms with Gasteiger partial charge >= 0.3 is 5.97 Å². The summed E-state index contributed by atoms with van der Waals surface area (Å²) in [5.41, 5.74) is 0.297. The van der Waals surface area contributed by atoms with E-state index in [9.17, 15) is 4.79 Å². The lowest BCUT2D eigenvalue weighted by molar-refractivity contribution is -0.138. The Morgan fingerprint density at radius 2 is 2.13 bits per heavy atom. The molecule has 0 saturated carbocycles. The van der Waals surface area contributed by atoms with Gasteiger partial charge in [0.1, 0.15) is 0 Å². The molecule has 0 aromatic heterocycles. The van der Waals surface area contributed by atoms with Gasteiger partial charge in [-0.2, -0.15) is 0 Å². The molecule has 2 nitrogen and oxygen atoms in total. The van der Waals surface area contributed by atoms with Crippen LogP contribution in [0.2, 0.25) is 0 Å². The van der Waals surface area contributed by atoms with Gasteiger partial charge in [-0.15, -0.1) is 0 Å². The number of carboxylic acid groups (broad SMARTS) is 1. The van der Waals surface area contributed by atoms with Crippen LogP contribution in [0.1, 0.15) is 46.0 Å². The van der Waals surface area contributed by atoms with Gasteiger partial charge in [-0.3, -0.25) is 4.79 Å². The average Bonchev–Trinajstić information content (AvgIpc) is 2.25. The Morgan fingerprint density at radius 1 is 1.53 bits per heavy atom. The van der Waals surface area contributed by atoms with Crippen LogP contribution in [0.4, 0.5) is 0 Å². The number of hydrogen-bond donors (Lipinski definition) is 1. The maximum absolute atomic E-state index is 11.1. The Balaban J connectivity index is 3.22. The van der Waals surface area contributed by atoms with Crippen LogP contribution in [0, 0.1) is 5.89 Å². The zero-order valence-corrected chi connectivity index (χ0v) is 8.74. The fraction of sp³-hybridized carbons (Fsp3) is 0.462. The molecular formula is C13H18O2. The zero-order valence-electron chi connectivity index (χ0n) is 14.7. The highest BCUT2D eigenvalue weighted by molar-refractivity contribution is 5.75. The molecule has 0 saturated heterocycles. The molecule has 15 heavy (non-hydrogen) atoms. The lowest BCUT2D eigenvalue weighted by Crippen LogP contribution is -2.07. The van der Waals surface area contributed by atoms with Crippen molar-refractivity contribution in [2.45, 2.75) is 33.0 Å². The molecule has 1 aromatic rings. The molecule has 0 heterocycles. The zero-order chi connectivity index (χ0) is 16.6. The molecule has 0 radical (unpaired) electrons. The number of hydrogen-bond acceptors (Lipinski definition) is 1. The van der Waals surface area contributed by atoms with Gasteiger partial charge < -0.3 is 5.11 Å². The van der Waals surface area contributed by atoms with E-state index in [0.717, 1.165) is 0 Å². The molecule has 0 spiro atoms. The molecule has 1 atom stereocenters. The summed E-state index contributed by atoms with van der Waals surface area (Å²) in [6.45, 7) is 0.188. The van der Waals surface area contributed by atoms with Crippen LogP contribution >= 0.6 is 0 Å². The third-order valence-corrected chi connectivity index (χ3v) is 1.89. The summed E-state index contributed by atoms with van der Waals surface area (Å²) in [4.78, 5) is 11.1. The quantitative estimate of drug-likeness (QED) is 0.832. The SMILES string of the molecule is [2H]C([2H])([2H])C(C(=O)O)c1ccc(C([2H])([2H])C([2H])(C)C)cc1. The summed E-state index contributed by atoms with van der Waals surface area (Å²) >= 11 is 0. The van der Waals surface area contributed by atoms with Crippen LogP contribution in [0.25, 0.3) is 0 Å². The van der Waals surface area contributed by atoms with Crippen molar-refractivity contribution >= 4 is 5.97 Å². The van der Waals surface area contributed by atoms with Crippen molar-refractivity contribution in [3.05, 3.63) is 35.4 Å². The largest absolute Gasteiger partial charge is 0.481 e. The Morgan fingerprint density at radius 3 is 2.53 bits per heavy atom. The highest BCUT2D eigenvalue weighted by Crippen LogP contribution is 2.17. The first-order chi connectivity index (χ1) is 9.28. The second kappa shape index (κ2) is 4.96. The predicted molar refractivity (Wildman–Crippen MR) is 61.0 cm³/mol. The van der Waals surface area contributed by atoms with Gasteiger partial charge in [0.25, 0.3) is 0 Å². The predicted octanol–water partition coefficient (Wildman–Crippen LogP) is 3.07. The third kappa shape index (κ3) is 3.39. The van der Waals surface area contributed by atoms with E-state index in [-0.39, 0.29) is 11.1 Å². The van der Waals surface area contributed by atoms with Crippen LogP contribution in [0.15, 0.2) is 24.3 Å². The van der Waals surface area contributed by atoms with E-state index in [2.05, 4.69) is 0 Å². The lowest BCUT2D eigenvalue weighted by Gasteiger charge is -2.09. The Kier molecular flexibility index (Phi) is 1.88. The summed E-state index contributed by atoms with van der Waals surface area (Å²) in [5, 5.41) is 9.06. The normalized spacial score (nSPS) is 21.2. The summed E-state index contributed by atoms with van der Waals surface area (Å²) in [6.07, 6.45) is -1.94. The van der Waals surface area contributed by atoms with Gasteiger partial charge in [-0.1, -0.05) is 38.1 Å². The maximum atomic E-state index is 11.1. The first kappa shape index (κ1) is 5.69. The molecule has 0 fully saturated rings. The molecule has 2 heteroatoms. The highest BCUT2D eigenvalue weighted by Gasteiger charge is 2.12. The first-order valence-corrected chi connectivity index (χ1v) is 4.62. The number of carbonyl (C=O) groups is 1. The minimum absolute atomic E-state index is 0.0878. The van der Waals surface area contributed by atoms with Crippen molar-refractivity contribution in [2.75, 3.05) is 0 Å². The molecule has 0 aliphatic rings. The van der Waals surface area contributed by atoms with E-state index in [0.29, 0.717) is 0 Å². The number of rotatable bonds is 4. The molecule has 0 aliphatic carbocycles. The second-order valence-corrected chi connectivity index (χ2v) is 3.52.